The van der Waals surface area contributed by atoms with Crippen molar-refractivity contribution >= 4 is 37.1 Å². The van der Waals surface area contributed by atoms with Crippen LogP contribution in [0.3, 0.4) is 0 Å². The molecule has 0 saturated carbocycles. The van der Waals surface area contributed by atoms with Crippen molar-refractivity contribution in [2.24, 2.45) is 0 Å². The van der Waals surface area contributed by atoms with Gasteiger partial charge < -0.3 is 5.32 Å². The second-order valence-electron chi connectivity index (χ2n) is 7.80. The van der Waals surface area contributed by atoms with Gasteiger partial charge in [0.2, 0.25) is 10.0 Å². The van der Waals surface area contributed by atoms with Gasteiger partial charge in [-0.1, -0.05) is 31.9 Å². The van der Waals surface area contributed by atoms with E-state index in [0.717, 1.165) is 29.1 Å². The summed E-state index contributed by atoms with van der Waals surface area (Å²) in [5.41, 5.74) is 0.487. The van der Waals surface area contributed by atoms with E-state index in [1.807, 2.05) is 6.92 Å². The van der Waals surface area contributed by atoms with Gasteiger partial charge in [0.25, 0.3) is 11.8 Å². The first-order valence-corrected chi connectivity index (χ1v) is 13.8. The zero-order valence-electron chi connectivity index (χ0n) is 18.7. The number of nitrogens with zero attached hydrogens (tertiary/aromatic N) is 1. The fourth-order valence-electron chi connectivity index (χ4n) is 3.13. The maximum Gasteiger partial charge on any atom is 0.262 e. The van der Waals surface area contributed by atoms with E-state index in [0.29, 0.717) is 6.42 Å². The van der Waals surface area contributed by atoms with Gasteiger partial charge in [0.1, 0.15) is 5.75 Å². The number of halogens is 2. The largest absolute Gasteiger partial charge is 0.322 e. The molecule has 7 nitrogen and oxygen atoms in total. The molecular weight excluding hydrogens is 474 g/mol. The number of hydrogen-bond donors (Lipinski definition) is 1. The highest BCUT2D eigenvalue weighted by Gasteiger charge is 2.35. The molecule has 0 radical (unpaired) electrons. The van der Waals surface area contributed by atoms with E-state index in [2.05, 4.69) is 5.32 Å². The number of hydrogen-bond acceptors (Lipinski definition) is 5. The van der Waals surface area contributed by atoms with Crippen LogP contribution in [-0.4, -0.2) is 47.7 Å². The Balaban J connectivity index is 2.16. The third-order valence-corrected chi connectivity index (χ3v) is 7.99. The molecule has 0 aliphatic carbocycles. The molecule has 0 atom stereocenters. The predicted molar refractivity (Wildman–Crippen MR) is 125 cm³/mol. The van der Waals surface area contributed by atoms with Crippen LogP contribution >= 0.6 is 0 Å². The highest BCUT2D eigenvalue weighted by Crippen LogP contribution is 2.28. The second kappa shape index (κ2) is 10.6. The lowest BCUT2D eigenvalue weighted by atomic mass is 10.1. The van der Waals surface area contributed by atoms with Crippen molar-refractivity contribution < 1.29 is 30.4 Å². The monoisotopic (exact) mass is 502 g/mol. The smallest absolute Gasteiger partial charge is 0.262 e. The minimum atomic E-state index is -4.22. The number of sulfone groups is 1. The molecule has 0 aromatic heterocycles. The summed E-state index contributed by atoms with van der Waals surface area (Å²) in [6, 6.07) is 11.0. The summed E-state index contributed by atoms with van der Waals surface area (Å²) in [4.78, 5) is 12.4. The van der Waals surface area contributed by atoms with Crippen LogP contribution in [0.25, 0.3) is 0 Å². The molecule has 33 heavy (non-hydrogen) atoms. The van der Waals surface area contributed by atoms with Gasteiger partial charge in [-0.15, -0.1) is 0 Å². The fraction of sp³-hybridized carbons (Fsp3) is 0.409. The van der Waals surface area contributed by atoms with Gasteiger partial charge in [0.15, 0.2) is 9.84 Å². The summed E-state index contributed by atoms with van der Waals surface area (Å²) in [7, 11) is -6.51. The molecule has 0 unspecified atom stereocenters. The summed E-state index contributed by atoms with van der Waals surface area (Å²) in [5, 5.41) is 2.56. The van der Waals surface area contributed by atoms with Gasteiger partial charge in [0.05, 0.1) is 22.4 Å². The highest BCUT2D eigenvalue weighted by molar-refractivity contribution is 7.92. The molecule has 0 bridgehead atoms. The molecule has 1 amide bonds. The first kappa shape index (κ1) is 26.7. The Hall–Kier alpha value is -2.53. The number of rotatable bonds is 11. The normalized spacial score (nSPS) is 12.4. The molecule has 2 aromatic rings. The van der Waals surface area contributed by atoms with Crippen LogP contribution in [0.1, 0.15) is 43.0 Å². The summed E-state index contributed by atoms with van der Waals surface area (Å²) in [6.45, 7) is 1.87. The van der Waals surface area contributed by atoms with Crippen LogP contribution in [0.4, 0.5) is 20.2 Å². The Morgan fingerprint density at radius 1 is 1.00 bits per heavy atom. The van der Waals surface area contributed by atoms with Crippen LogP contribution in [-0.2, 0) is 19.9 Å². The van der Waals surface area contributed by atoms with E-state index in [9.17, 15) is 30.4 Å². The van der Waals surface area contributed by atoms with Crippen LogP contribution < -0.4 is 9.62 Å². The predicted octanol–water partition coefficient (Wildman–Crippen LogP) is 4.32. The molecule has 0 heterocycles. The number of nitrogens with one attached hydrogen (secondary N) is 1. The maximum absolute atomic E-state index is 14.1. The number of carbonyl (C=O) groups excluding carboxylic acids is 1. The molecule has 0 spiro atoms. The van der Waals surface area contributed by atoms with Gasteiger partial charge in [-0.25, -0.2) is 25.6 Å². The number of benzene rings is 2. The molecule has 2 aromatic carbocycles. The highest BCUT2D eigenvalue weighted by atomic mass is 32.2. The standard InChI is InChI=1S/C22H28F2N2O5S2/c1-4-5-8-15-22(23,24)16-33(30,31)18-13-11-17(12-14-18)25-21(27)19-9-6-7-10-20(19)26(2)32(3,28)29/h6-7,9-14H,4-5,8,15-16H2,1-3H3,(H,25,27). The Labute approximate surface area is 193 Å². The van der Waals surface area contributed by atoms with E-state index in [4.69, 9.17) is 0 Å². The number of sulfonamides is 1. The number of amides is 1. The molecular formula is C22H28F2N2O5S2. The van der Waals surface area contributed by atoms with Crippen molar-refractivity contribution in [1.82, 2.24) is 0 Å². The van der Waals surface area contributed by atoms with Crippen LogP contribution in [0.15, 0.2) is 53.4 Å². The van der Waals surface area contributed by atoms with E-state index >= 15 is 0 Å². The van der Waals surface area contributed by atoms with Crippen LogP contribution in [0, 0.1) is 0 Å². The average molecular weight is 503 g/mol. The number of carbonyl (C=O) groups is 1. The number of para-hydroxylation sites is 1. The average Bonchev–Trinajstić information content (AvgIpc) is 2.72. The minimum absolute atomic E-state index is 0.0915. The van der Waals surface area contributed by atoms with Crippen molar-refractivity contribution in [3.05, 3.63) is 54.1 Å². The van der Waals surface area contributed by atoms with Gasteiger partial charge in [-0.05, 0) is 42.8 Å². The Bertz CT molecular complexity index is 1180. The van der Waals surface area contributed by atoms with Gasteiger partial charge in [-0.3, -0.25) is 9.10 Å². The Morgan fingerprint density at radius 2 is 1.61 bits per heavy atom. The number of anilines is 2. The molecule has 2 rings (SSSR count). The van der Waals surface area contributed by atoms with E-state index in [1.165, 1.54) is 31.3 Å². The van der Waals surface area contributed by atoms with Crippen molar-refractivity contribution in [3.8, 4) is 0 Å². The number of unbranched alkanes of at least 4 members (excludes halogenated alkanes) is 2. The molecule has 0 fully saturated rings. The van der Waals surface area contributed by atoms with Crippen molar-refractivity contribution in [2.75, 3.05) is 28.7 Å². The Morgan fingerprint density at radius 3 is 2.18 bits per heavy atom. The molecule has 0 saturated heterocycles. The lowest BCUT2D eigenvalue weighted by Gasteiger charge is -2.20. The lowest BCUT2D eigenvalue weighted by molar-refractivity contribution is 0.0141. The molecule has 182 valence electrons. The summed E-state index contributed by atoms with van der Waals surface area (Å²) < 4.78 is 77.7. The third kappa shape index (κ3) is 7.50. The molecule has 0 aliphatic heterocycles. The lowest BCUT2D eigenvalue weighted by Crippen LogP contribution is -2.28. The Kier molecular flexibility index (Phi) is 8.58. The molecule has 11 heteroatoms. The fourth-order valence-corrected chi connectivity index (χ4v) is 5.06. The number of alkyl halides is 2. The van der Waals surface area contributed by atoms with Crippen molar-refractivity contribution in [2.45, 2.75) is 43.4 Å². The topological polar surface area (TPSA) is 101 Å². The van der Waals surface area contributed by atoms with Crippen molar-refractivity contribution in [3.63, 3.8) is 0 Å². The first-order valence-electron chi connectivity index (χ1n) is 10.3. The van der Waals surface area contributed by atoms with Crippen LogP contribution in [0.5, 0.6) is 0 Å². The second-order valence-corrected chi connectivity index (χ2v) is 11.8. The SMILES string of the molecule is CCCCCC(F)(F)CS(=O)(=O)c1ccc(NC(=O)c2ccccc2N(C)S(C)(=O)=O)cc1. The van der Waals surface area contributed by atoms with E-state index in [1.54, 1.807) is 12.1 Å². The van der Waals surface area contributed by atoms with Gasteiger partial charge in [0, 0.05) is 19.2 Å². The van der Waals surface area contributed by atoms with E-state index < -0.39 is 43.9 Å². The molecule has 0 aliphatic rings. The zero-order valence-corrected chi connectivity index (χ0v) is 20.3. The quantitative estimate of drug-likeness (QED) is 0.461. The first-order chi connectivity index (χ1) is 15.3. The van der Waals surface area contributed by atoms with E-state index in [-0.39, 0.29) is 28.3 Å². The van der Waals surface area contributed by atoms with Crippen molar-refractivity contribution in [1.29, 1.82) is 0 Å². The maximum atomic E-state index is 14.1. The third-order valence-electron chi connectivity index (χ3n) is 5.00. The van der Waals surface area contributed by atoms with Gasteiger partial charge >= 0.3 is 0 Å². The summed E-state index contributed by atoms with van der Waals surface area (Å²) in [5.74, 6) is -5.21. The molecule has 1 N–H and O–H groups in total. The zero-order chi connectivity index (χ0) is 24.9. The van der Waals surface area contributed by atoms with Crippen LogP contribution in [0.2, 0.25) is 0 Å². The van der Waals surface area contributed by atoms with Gasteiger partial charge in [-0.2, -0.15) is 0 Å². The summed E-state index contributed by atoms with van der Waals surface area (Å²) >= 11 is 0. The summed E-state index contributed by atoms with van der Waals surface area (Å²) in [6.07, 6.45) is 2.13. The minimum Gasteiger partial charge on any atom is -0.322 e.